The Labute approximate surface area is 142 Å². The fourth-order valence-corrected chi connectivity index (χ4v) is 3.62. The minimum atomic E-state index is -0.254. The van der Waals surface area contributed by atoms with Gasteiger partial charge in [-0.1, -0.05) is 69.7 Å². The molecule has 2 aromatic rings. The molecule has 0 N–H and O–H groups in total. The van der Waals surface area contributed by atoms with Gasteiger partial charge < -0.3 is 0 Å². The number of hydrogen-bond donors (Lipinski definition) is 0. The Bertz CT molecular complexity index is 644. The highest BCUT2D eigenvalue weighted by Crippen LogP contribution is 2.42. The zero-order chi connectivity index (χ0) is 16.7. The standard InChI is InChI=1S/C21H27OP/c1-4-7-10-17-11-8-12-18(15-17)19-13-9-14-20(16-19)21(5-2,6-3)23-22/h8-9,11-16H,4-7,10H2,1-3H3. The van der Waals surface area contributed by atoms with Crippen molar-refractivity contribution in [1.82, 2.24) is 0 Å². The molecule has 0 amide bonds. The van der Waals surface area contributed by atoms with Gasteiger partial charge in [-0.05, 0) is 54.0 Å². The maximum atomic E-state index is 11.8. The van der Waals surface area contributed by atoms with Gasteiger partial charge in [0.05, 0.1) is 5.16 Å². The molecule has 1 nitrogen and oxygen atoms in total. The molecule has 2 rings (SSSR count). The highest BCUT2D eigenvalue weighted by atomic mass is 31.1. The normalized spacial score (nSPS) is 11.8. The lowest BCUT2D eigenvalue weighted by Gasteiger charge is -2.24. The lowest BCUT2D eigenvalue weighted by molar-refractivity contribution is 0.522. The van der Waals surface area contributed by atoms with E-state index in [0.717, 1.165) is 19.3 Å². The fraction of sp³-hybridized carbons (Fsp3) is 0.429. The predicted molar refractivity (Wildman–Crippen MR) is 100 cm³/mol. The lowest BCUT2D eigenvalue weighted by atomic mass is 9.90. The summed E-state index contributed by atoms with van der Waals surface area (Å²) in [6.07, 6.45) is 5.35. The van der Waals surface area contributed by atoms with E-state index in [-0.39, 0.29) is 13.6 Å². The zero-order valence-corrected chi connectivity index (χ0v) is 15.4. The molecule has 0 unspecified atom stereocenters. The molecule has 0 aromatic heterocycles. The van der Waals surface area contributed by atoms with Crippen LogP contribution in [0.15, 0.2) is 48.5 Å². The molecule has 0 fully saturated rings. The summed E-state index contributed by atoms with van der Waals surface area (Å²) in [4.78, 5) is 0. The van der Waals surface area contributed by atoms with Crippen molar-refractivity contribution in [1.29, 1.82) is 0 Å². The van der Waals surface area contributed by atoms with Gasteiger partial charge in [-0.25, -0.2) is 0 Å². The Kier molecular flexibility index (Phi) is 6.54. The summed E-state index contributed by atoms with van der Waals surface area (Å²) in [7, 11) is 0.218. The molecule has 0 heterocycles. The van der Waals surface area contributed by atoms with Crippen molar-refractivity contribution in [2.24, 2.45) is 0 Å². The largest absolute Gasteiger partial charge is 0.274 e. The van der Waals surface area contributed by atoms with E-state index in [1.165, 1.54) is 35.1 Å². The average molecular weight is 326 g/mol. The van der Waals surface area contributed by atoms with Crippen LogP contribution in [-0.4, -0.2) is 0 Å². The van der Waals surface area contributed by atoms with Crippen molar-refractivity contribution in [2.75, 3.05) is 0 Å². The highest BCUT2D eigenvalue weighted by molar-refractivity contribution is 7.25. The van der Waals surface area contributed by atoms with Crippen molar-refractivity contribution >= 4 is 8.46 Å². The first-order valence-corrected chi connectivity index (χ1v) is 9.54. The molecule has 0 aliphatic heterocycles. The molecule has 0 saturated heterocycles. The van der Waals surface area contributed by atoms with E-state index in [4.69, 9.17) is 0 Å². The molecule has 0 aliphatic carbocycles. The first-order valence-electron chi connectivity index (χ1n) is 8.73. The molecular weight excluding hydrogens is 299 g/mol. The minimum Gasteiger partial charge on any atom is -0.274 e. The van der Waals surface area contributed by atoms with E-state index in [2.05, 4.69) is 69.3 Å². The SMILES string of the molecule is CCCCc1cccc(-c2cccc(C(CC)(CC)P=O)c2)c1. The quantitative estimate of drug-likeness (QED) is 0.477. The van der Waals surface area contributed by atoms with E-state index >= 15 is 0 Å². The zero-order valence-electron chi connectivity index (χ0n) is 14.5. The van der Waals surface area contributed by atoms with Crippen LogP contribution in [0.25, 0.3) is 11.1 Å². The fourth-order valence-electron chi connectivity index (χ4n) is 3.12. The molecule has 23 heavy (non-hydrogen) atoms. The van der Waals surface area contributed by atoms with Crippen LogP contribution in [-0.2, 0) is 16.1 Å². The number of aryl methyl sites for hydroxylation is 1. The van der Waals surface area contributed by atoms with Crippen LogP contribution < -0.4 is 0 Å². The molecule has 0 aliphatic rings. The summed E-state index contributed by atoms with van der Waals surface area (Å²) >= 11 is 0. The molecule has 0 bridgehead atoms. The molecule has 2 aromatic carbocycles. The monoisotopic (exact) mass is 326 g/mol. The topological polar surface area (TPSA) is 17.1 Å². The number of hydrogen-bond acceptors (Lipinski definition) is 1. The van der Waals surface area contributed by atoms with Crippen molar-refractivity contribution in [3.8, 4) is 11.1 Å². The summed E-state index contributed by atoms with van der Waals surface area (Å²) in [6, 6.07) is 17.4. The molecule has 0 saturated carbocycles. The van der Waals surface area contributed by atoms with Gasteiger partial charge in [-0.2, -0.15) is 0 Å². The predicted octanol–water partition coefficient (Wildman–Crippen LogP) is 7.00. The average Bonchev–Trinajstić information content (AvgIpc) is 2.62. The van der Waals surface area contributed by atoms with Crippen LogP contribution in [0.2, 0.25) is 0 Å². The molecule has 0 spiro atoms. The van der Waals surface area contributed by atoms with Crippen molar-refractivity contribution in [3.05, 3.63) is 59.7 Å². The van der Waals surface area contributed by atoms with E-state index in [1.807, 2.05) is 0 Å². The molecule has 0 atom stereocenters. The van der Waals surface area contributed by atoms with Gasteiger partial charge in [-0.15, -0.1) is 0 Å². The summed E-state index contributed by atoms with van der Waals surface area (Å²) in [5.41, 5.74) is 5.05. The second kappa shape index (κ2) is 8.41. The van der Waals surface area contributed by atoms with Gasteiger partial charge in [0.25, 0.3) is 0 Å². The second-order valence-corrected chi connectivity index (χ2v) is 7.25. The van der Waals surface area contributed by atoms with Crippen LogP contribution in [0.3, 0.4) is 0 Å². The van der Waals surface area contributed by atoms with Gasteiger partial charge in [0.15, 0.2) is 8.46 Å². The molecule has 2 heteroatoms. The van der Waals surface area contributed by atoms with E-state index in [1.54, 1.807) is 0 Å². The maximum absolute atomic E-state index is 11.8. The van der Waals surface area contributed by atoms with Crippen LogP contribution >= 0.6 is 8.46 Å². The number of benzene rings is 2. The third-order valence-corrected chi connectivity index (χ3v) is 6.06. The van der Waals surface area contributed by atoms with Gasteiger partial charge in [-0.3, -0.25) is 4.57 Å². The molecule has 0 radical (unpaired) electrons. The van der Waals surface area contributed by atoms with Crippen LogP contribution in [0, 0.1) is 0 Å². The Morgan fingerprint density at radius 2 is 1.57 bits per heavy atom. The maximum Gasteiger partial charge on any atom is 0.166 e. The van der Waals surface area contributed by atoms with Gasteiger partial charge >= 0.3 is 0 Å². The third-order valence-electron chi connectivity index (χ3n) is 4.82. The highest BCUT2D eigenvalue weighted by Gasteiger charge is 2.29. The summed E-state index contributed by atoms with van der Waals surface area (Å²) in [5.74, 6) is 0. The number of unbranched alkanes of at least 4 members (excludes halogenated alkanes) is 1. The van der Waals surface area contributed by atoms with Crippen molar-refractivity contribution < 1.29 is 4.57 Å². The van der Waals surface area contributed by atoms with Crippen molar-refractivity contribution in [2.45, 2.75) is 58.0 Å². The van der Waals surface area contributed by atoms with Crippen LogP contribution in [0.1, 0.15) is 57.6 Å². The van der Waals surface area contributed by atoms with Crippen molar-refractivity contribution in [3.63, 3.8) is 0 Å². The Hall–Kier alpha value is -1.46. The third kappa shape index (κ3) is 4.09. The summed E-state index contributed by atoms with van der Waals surface area (Å²) in [5, 5.41) is -0.254. The lowest BCUT2D eigenvalue weighted by Crippen LogP contribution is -2.16. The smallest absolute Gasteiger partial charge is 0.166 e. The summed E-state index contributed by atoms with van der Waals surface area (Å²) in [6.45, 7) is 6.46. The first kappa shape index (κ1) is 17.9. The van der Waals surface area contributed by atoms with Crippen LogP contribution in [0.5, 0.6) is 0 Å². The Balaban J connectivity index is 2.38. The Morgan fingerprint density at radius 3 is 2.17 bits per heavy atom. The Morgan fingerprint density at radius 1 is 0.913 bits per heavy atom. The van der Waals surface area contributed by atoms with Gasteiger partial charge in [0.2, 0.25) is 0 Å². The first-order chi connectivity index (χ1) is 11.2. The molecule has 122 valence electrons. The second-order valence-electron chi connectivity index (χ2n) is 6.21. The summed E-state index contributed by atoms with van der Waals surface area (Å²) < 4.78 is 11.8. The van der Waals surface area contributed by atoms with Crippen LogP contribution in [0.4, 0.5) is 0 Å². The van der Waals surface area contributed by atoms with E-state index in [0.29, 0.717) is 0 Å². The minimum absolute atomic E-state index is 0.218. The van der Waals surface area contributed by atoms with Gasteiger partial charge in [0.1, 0.15) is 0 Å². The molecular formula is C21H27OP. The van der Waals surface area contributed by atoms with E-state index in [9.17, 15) is 4.57 Å². The van der Waals surface area contributed by atoms with Gasteiger partial charge in [0, 0.05) is 0 Å². The number of rotatable bonds is 8. The van der Waals surface area contributed by atoms with E-state index < -0.39 is 0 Å².